The fourth-order valence-electron chi connectivity index (χ4n) is 1.80. The first kappa shape index (κ1) is 8.73. The second-order valence-corrected chi connectivity index (χ2v) is 4.30. The van der Waals surface area contributed by atoms with Gasteiger partial charge < -0.3 is 4.98 Å². The molecule has 0 fully saturated rings. The van der Waals surface area contributed by atoms with Crippen molar-refractivity contribution in [2.24, 2.45) is 0 Å². The highest BCUT2D eigenvalue weighted by Crippen LogP contribution is 2.20. The van der Waals surface area contributed by atoms with Gasteiger partial charge in [0, 0.05) is 16.1 Å². The fourth-order valence-corrected chi connectivity index (χ4v) is 2.16. The van der Waals surface area contributed by atoms with Gasteiger partial charge in [-0.3, -0.25) is 4.40 Å². The Morgan fingerprint density at radius 1 is 1.27 bits per heavy atom. The van der Waals surface area contributed by atoms with Crippen molar-refractivity contribution in [3.8, 4) is 0 Å². The molecule has 0 spiro atoms. The van der Waals surface area contributed by atoms with Gasteiger partial charge in [0.2, 0.25) is 0 Å². The Morgan fingerprint density at radius 2 is 2.13 bits per heavy atom. The van der Waals surface area contributed by atoms with E-state index in [4.69, 9.17) is 0 Å². The predicted molar refractivity (Wildman–Crippen MR) is 63.2 cm³/mol. The van der Waals surface area contributed by atoms with Crippen LogP contribution in [0.15, 0.2) is 45.8 Å². The molecule has 3 nitrogen and oxygen atoms in total. The van der Waals surface area contributed by atoms with Crippen molar-refractivity contribution in [2.75, 3.05) is 0 Å². The second-order valence-electron chi connectivity index (χ2n) is 3.38. The van der Waals surface area contributed by atoms with Gasteiger partial charge in [-0.1, -0.05) is 15.9 Å². The summed E-state index contributed by atoms with van der Waals surface area (Å²) >= 11 is 3.38. The quantitative estimate of drug-likeness (QED) is 0.665. The van der Waals surface area contributed by atoms with Gasteiger partial charge in [-0.05, 0) is 30.3 Å². The zero-order chi connectivity index (χ0) is 10.4. The zero-order valence-electron chi connectivity index (χ0n) is 7.70. The maximum Gasteiger partial charge on any atom is 0.330 e. The van der Waals surface area contributed by atoms with E-state index in [1.807, 2.05) is 30.3 Å². The van der Waals surface area contributed by atoms with Crippen LogP contribution in [0, 0.1) is 0 Å². The molecule has 0 bridgehead atoms. The molecule has 3 aromatic rings. The van der Waals surface area contributed by atoms with E-state index in [9.17, 15) is 4.79 Å². The lowest BCUT2D eigenvalue weighted by Gasteiger charge is -2.01. The molecule has 1 aromatic carbocycles. The molecular formula is C11H7BrN2O. The van der Waals surface area contributed by atoms with Crippen LogP contribution < -0.4 is 5.69 Å². The molecule has 4 heteroatoms. The fraction of sp³-hybridized carbons (Fsp3) is 0. The lowest BCUT2D eigenvalue weighted by atomic mass is 10.2. The summed E-state index contributed by atoms with van der Waals surface area (Å²) < 4.78 is 2.57. The summed E-state index contributed by atoms with van der Waals surface area (Å²) in [5.41, 5.74) is 1.67. The highest BCUT2D eigenvalue weighted by atomic mass is 79.9. The summed E-state index contributed by atoms with van der Waals surface area (Å²) in [6.45, 7) is 0. The largest absolute Gasteiger partial charge is 0.330 e. The van der Waals surface area contributed by atoms with Gasteiger partial charge in [0.1, 0.15) is 0 Å². The number of aromatic amines is 1. The van der Waals surface area contributed by atoms with E-state index in [0.29, 0.717) is 0 Å². The lowest BCUT2D eigenvalue weighted by Crippen LogP contribution is -2.14. The molecule has 0 aliphatic heterocycles. The van der Waals surface area contributed by atoms with Gasteiger partial charge in [-0.25, -0.2) is 4.79 Å². The molecule has 0 aliphatic rings. The molecule has 0 atom stereocenters. The average molecular weight is 263 g/mol. The summed E-state index contributed by atoms with van der Waals surface area (Å²) in [6.07, 6.45) is 1.76. The van der Waals surface area contributed by atoms with Crippen molar-refractivity contribution in [2.45, 2.75) is 0 Å². The van der Waals surface area contributed by atoms with Crippen LogP contribution in [0.1, 0.15) is 0 Å². The van der Waals surface area contributed by atoms with Crippen LogP contribution >= 0.6 is 15.9 Å². The van der Waals surface area contributed by atoms with Crippen LogP contribution in [0.5, 0.6) is 0 Å². The third-order valence-corrected chi connectivity index (χ3v) is 2.96. The highest BCUT2D eigenvalue weighted by molar-refractivity contribution is 9.10. The van der Waals surface area contributed by atoms with Gasteiger partial charge in [0.05, 0.1) is 11.0 Å². The predicted octanol–water partition coefficient (Wildman–Crippen LogP) is 2.54. The first-order chi connectivity index (χ1) is 7.25. The van der Waals surface area contributed by atoms with Crippen molar-refractivity contribution in [3.05, 3.63) is 51.5 Å². The van der Waals surface area contributed by atoms with E-state index < -0.39 is 0 Å². The lowest BCUT2D eigenvalue weighted by molar-refractivity contribution is 1.04. The molecule has 0 amide bonds. The van der Waals surface area contributed by atoms with Gasteiger partial charge in [-0.2, -0.15) is 0 Å². The number of benzene rings is 1. The topological polar surface area (TPSA) is 37.3 Å². The molecule has 1 N–H and O–H groups in total. The Morgan fingerprint density at radius 3 is 3.00 bits per heavy atom. The minimum Gasteiger partial charge on any atom is -0.307 e. The van der Waals surface area contributed by atoms with E-state index in [1.54, 1.807) is 10.6 Å². The van der Waals surface area contributed by atoms with Crippen LogP contribution in [0.3, 0.4) is 0 Å². The molecule has 3 rings (SSSR count). The van der Waals surface area contributed by atoms with Crippen LogP contribution in [0.2, 0.25) is 0 Å². The number of rotatable bonds is 0. The van der Waals surface area contributed by atoms with Gasteiger partial charge in [0.15, 0.2) is 0 Å². The first-order valence-corrected chi connectivity index (χ1v) is 5.33. The summed E-state index contributed by atoms with van der Waals surface area (Å²) in [4.78, 5) is 14.5. The Kier molecular flexibility index (Phi) is 1.73. The number of aromatic nitrogens is 2. The van der Waals surface area contributed by atoms with E-state index in [2.05, 4.69) is 20.9 Å². The standard InChI is InChI=1S/C11H7BrN2O/c12-7-3-4-8-9(6-7)13-11(15)14-5-1-2-10(8)14/h1-6H,(H,13,15). The molecule has 74 valence electrons. The van der Waals surface area contributed by atoms with Crippen molar-refractivity contribution in [1.29, 1.82) is 0 Å². The molecule has 0 unspecified atom stereocenters. The molecule has 2 aromatic heterocycles. The molecule has 0 radical (unpaired) electrons. The molecule has 0 aliphatic carbocycles. The van der Waals surface area contributed by atoms with Gasteiger partial charge in [-0.15, -0.1) is 0 Å². The number of hydrogen-bond donors (Lipinski definition) is 1. The molecule has 15 heavy (non-hydrogen) atoms. The number of nitrogens with one attached hydrogen (secondary N) is 1. The van der Waals surface area contributed by atoms with Gasteiger partial charge >= 0.3 is 5.69 Å². The van der Waals surface area contributed by atoms with Crippen molar-refractivity contribution in [3.63, 3.8) is 0 Å². The summed E-state index contributed by atoms with van der Waals surface area (Å²) in [5, 5.41) is 1.04. The van der Waals surface area contributed by atoms with E-state index in [0.717, 1.165) is 20.9 Å². The Hall–Kier alpha value is -1.55. The van der Waals surface area contributed by atoms with Crippen LogP contribution in [0.4, 0.5) is 0 Å². The van der Waals surface area contributed by atoms with E-state index in [-0.39, 0.29) is 5.69 Å². The minimum atomic E-state index is -0.111. The average Bonchev–Trinajstić information content (AvgIpc) is 2.66. The number of fused-ring (bicyclic) bond motifs is 3. The molecule has 2 heterocycles. The van der Waals surface area contributed by atoms with Crippen LogP contribution in [0.25, 0.3) is 16.4 Å². The number of H-pyrrole nitrogens is 1. The number of hydrogen-bond acceptors (Lipinski definition) is 1. The third-order valence-electron chi connectivity index (χ3n) is 2.47. The maximum absolute atomic E-state index is 11.7. The zero-order valence-corrected chi connectivity index (χ0v) is 9.28. The highest BCUT2D eigenvalue weighted by Gasteiger charge is 2.03. The summed E-state index contributed by atoms with van der Waals surface area (Å²) in [6, 6.07) is 9.67. The Bertz CT molecular complexity index is 711. The summed E-state index contributed by atoms with van der Waals surface area (Å²) in [5.74, 6) is 0. The normalized spacial score (nSPS) is 11.3. The molecule has 0 saturated heterocycles. The smallest absolute Gasteiger partial charge is 0.307 e. The maximum atomic E-state index is 11.7. The van der Waals surface area contributed by atoms with Crippen LogP contribution in [-0.4, -0.2) is 9.38 Å². The summed E-state index contributed by atoms with van der Waals surface area (Å²) in [7, 11) is 0. The van der Waals surface area contributed by atoms with Crippen molar-refractivity contribution in [1.82, 2.24) is 9.38 Å². The molecular weight excluding hydrogens is 256 g/mol. The first-order valence-electron chi connectivity index (χ1n) is 4.54. The third kappa shape index (κ3) is 1.22. The Balaban J connectivity index is 2.66. The van der Waals surface area contributed by atoms with Crippen molar-refractivity contribution < 1.29 is 0 Å². The second kappa shape index (κ2) is 2.97. The van der Waals surface area contributed by atoms with E-state index >= 15 is 0 Å². The van der Waals surface area contributed by atoms with Crippen molar-refractivity contribution >= 4 is 32.3 Å². The molecule has 0 saturated carbocycles. The monoisotopic (exact) mass is 262 g/mol. The van der Waals surface area contributed by atoms with Crippen LogP contribution in [-0.2, 0) is 0 Å². The number of halogens is 1. The van der Waals surface area contributed by atoms with Gasteiger partial charge in [0.25, 0.3) is 0 Å². The minimum absolute atomic E-state index is 0.111. The number of nitrogens with zero attached hydrogens (tertiary/aromatic N) is 1. The van der Waals surface area contributed by atoms with E-state index in [1.165, 1.54) is 0 Å². The Labute approximate surface area is 93.5 Å². The SMILES string of the molecule is O=c1[nH]c2cc(Br)ccc2c2cccn12.